The van der Waals surface area contributed by atoms with Gasteiger partial charge in [-0.2, -0.15) is 0 Å². The molecule has 2 amide bonds. The molecule has 134 valence electrons. The number of imidazole rings is 1. The molecule has 0 aromatic carbocycles. The molecule has 1 saturated carbocycles. The fourth-order valence-electron chi connectivity index (χ4n) is 4.36. The van der Waals surface area contributed by atoms with Crippen LogP contribution < -0.4 is 5.32 Å². The highest BCUT2D eigenvalue weighted by Gasteiger charge is 2.55. The summed E-state index contributed by atoms with van der Waals surface area (Å²) < 4.78 is 1.94. The number of piperidine rings is 1. The summed E-state index contributed by atoms with van der Waals surface area (Å²) in [6, 6.07) is 0. The molecular formula is C17H22N4O4. The van der Waals surface area contributed by atoms with Crippen molar-refractivity contribution in [1.29, 1.82) is 0 Å². The van der Waals surface area contributed by atoms with Crippen LogP contribution in [0.25, 0.3) is 0 Å². The van der Waals surface area contributed by atoms with Crippen LogP contribution in [0, 0.1) is 11.3 Å². The van der Waals surface area contributed by atoms with Gasteiger partial charge in [0.2, 0.25) is 11.8 Å². The van der Waals surface area contributed by atoms with Crippen molar-refractivity contribution in [3.8, 4) is 0 Å². The standard InChI is InChI=1S/C17H22N4O4/c22-13-9-12(14(23)24)17(19-13)3-6-21(7-4-17)15(25)16(1-2-16)10-20-8-5-18-11-20/h5,8,11-12H,1-4,6-7,9-10H2,(H,19,22)(H,23,24)/t12-/m0/s1. The van der Waals surface area contributed by atoms with Crippen LogP contribution in [0.3, 0.4) is 0 Å². The maximum absolute atomic E-state index is 13.0. The van der Waals surface area contributed by atoms with Crippen LogP contribution in [-0.2, 0) is 20.9 Å². The van der Waals surface area contributed by atoms with E-state index in [-0.39, 0.29) is 23.7 Å². The quantitative estimate of drug-likeness (QED) is 0.813. The number of aliphatic carboxylic acids is 1. The first-order valence-corrected chi connectivity index (χ1v) is 8.73. The van der Waals surface area contributed by atoms with Crippen LogP contribution in [0.15, 0.2) is 18.7 Å². The van der Waals surface area contributed by atoms with Gasteiger partial charge in [-0.05, 0) is 25.7 Å². The molecule has 8 nitrogen and oxygen atoms in total. The topological polar surface area (TPSA) is 105 Å². The van der Waals surface area contributed by atoms with Crippen LogP contribution in [0.2, 0.25) is 0 Å². The number of hydrogen-bond donors (Lipinski definition) is 2. The highest BCUT2D eigenvalue weighted by molar-refractivity contribution is 5.89. The van der Waals surface area contributed by atoms with Crippen molar-refractivity contribution in [2.45, 2.75) is 44.2 Å². The molecule has 2 N–H and O–H groups in total. The Balaban J connectivity index is 1.43. The molecule has 1 aliphatic carbocycles. The zero-order chi connectivity index (χ0) is 17.7. The summed E-state index contributed by atoms with van der Waals surface area (Å²) >= 11 is 0. The summed E-state index contributed by atoms with van der Waals surface area (Å²) in [6.07, 6.45) is 8.09. The number of carboxylic acids is 1. The molecular weight excluding hydrogens is 324 g/mol. The molecule has 0 radical (unpaired) electrons. The van der Waals surface area contributed by atoms with Gasteiger partial charge in [-0.15, -0.1) is 0 Å². The molecule has 3 fully saturated rings. The van der Waals surface area contributed by atoms with Crippen molar-refractivity contribution in [2.75, 3.05) is 13.1 Å². The van der Waals surface area contributed by atoms with E-state index >= 15 is 0 Å². The third-order valence-electron chi connectivity index (χ3n) is 6.04. The van der Waals surface area contributed by atoms with Crippen molar-refractivity contribution >= 4 is 17.8 Å². The molecule has 2 saturated heterocycles. The van der Waals surface area contributed by atoms with Gasteiger partial charge in [0.05, 0.1) is 23.2 Å². The molecule has 1 spiro atoms. The van der Waals surface area contributed by atoms with E-state index in [1.54, 1.807) is 12.5 Å². The van der Waals surface area contributed by atoms with Crippen molar-refractivity contribution in [3.63, 3.8) is 0 Å². The average molecular weight is 346 g/mol. The number of carbonyl (C=O) groups is 3. The number of carbonyl (C=O) groups excluding carboxylic acids is 2. The second-order valence-electron chi connectivity index (χ2n) is 7.61. The lowest BCUT2D eigenvalue weighted by Crippen LogP contribution is -2.57. The van der Waals surface area contributed by atoms with Gasteiger partial charge < -0.3 is 19.9 Å². The Hall–Kier alpha value is -2.38. The monoisotopic (exact) mass is 346 g/mol. The summed E-state index contributed by atoms with van der Waals surface area (Å²) in [5.41, 5.74) is -1.03. The van der Waals surface area contributed by atoms with E-state index < -0.39 is 17.4 Å². The second-order valence-corrected chi connectivity index (χ2v) is 7.61. The van der Waals surface area contributed by atoms with Gasteiger partial charge in [0, 0.05) is 38.4 Å². The zero-order valence-electron chi connectivity index (χ0n) is 14.0. The summed E-state index contributed by atoms with van der Waals surface area (Å²) in [6.45, 7) is 1.63. The Morgan fingerprint density at radius 2 is 2.00 bits per heavy atom. The van der Waals surface area contributed by atoms with Crippen LogP contribution in [0.4, 0.5) is 0 Å². The van der Waals surface area contributed by atoms with E-state index in [0.29, 0.717) is 32.5 Å². The van der Waals surface area contributed by atoms with E-state index in [9.17, 15) is 19.5 Å². The predicted molar refractivity (Wildman–Crippen MR) is 86.3 cm³/mol. The number of rotatable bonds is 4. The Morgan fingerprint density at radius 1 is 1.28 bits per heavy atom. The summed E-state index contributed by atoms with van der Waals surface area (Å²) in [5.74, 6) is -1.69. The molecule has 3 aliphatic rings. The van der Waals surface area contributed by atoms with Gasteiger partial charge in [0.15, 0.2) is 0 Å². The molecule has 4 rings (SSSR count). The Bertz CT molecular complexity index is 702. The zero-order valence-corrected chi connectivity index (χ0v) is 14.0. The van der Waals surface area contributed by atoms with Crippen molar-refractivity contribution in [2.24, 2.45) is 11.3 Å². The Kier molecular flexibility index (Phi) is 3.59. The van der Waals surface area contributed by atoms with Crippen LogP contribution in [0.5, 0.6) is 0 Å². The number of aromatic nitrogens is 2. The molecule has 1 aromatic rings. The largest absolute Gasteiger partial charge is 0.481 e. The second kappa shape index (κ2) is 5.57. The third kappa shape index (κ3) is 2.69. The first kappa shape index (κ1) is 16.1. The molecule has 0 bridgehead atoms. The lowest BCUT2D eigenvalue weighted by molar-refractivity contribution is -0.145. The summed E-state index contributed by atoms with van der Waals surface area (Å²) in [5, 5.41) is 12.3. The van der Waals surface area contributed by atoms with Crippen molar-refractivity contribution < 1.29 is 19.5 Å². The fourth-order valence-corrected chi connectivity index (χ4v) is 4.36. The molecule has 3 heterocycles. The van der Waals surface area contributed by atoms with Gasteiger partial charge in [0.1, 0.15) is 0 Å². The van der Waals surface area contributed by atoms with Gasteiger partial charge in [-0.3, -0.25) is 14.4 Å². The first-order chi connectivity index (χ1) is 11.9. The van der Waals surface area contributed by atoms with Crippen molar-refractivity contribution in [3.05, 3.63) is 18.7 Å². The van der Waals surface area contributed by atoms with E-state index in [0.717, 1.165) is 12.8 Å². The molecule has 1 aromatic heterocycles. The molecule has 2 aliphatic heterocycles. The number of amides is 2. The highest BCUT2D eigenvalue weighted by Crippen LogP contribution is 2.49. The maximum Gasteiger partial charge on any atom is 0.309 e. The average Bonchev–Trinajstić information content (AvgIpc) is 3.03. The minimum absolute atomic E-state index is 0.0356. The molecule has 0 unspecified atom stereocenters. The van der Waals surface area contributed by atoms with Crippen LogP contribution in [-0.4, -0.2) is 56.0 Å². The van der Waals surface area contributed by atoms with Crippen molar-refractivity contribution in [1.82, 2.24) is 19.8 Å². The maximum atomic E-state index is 13.0. The van der Waals surface area contributed by atoms with E-state index in [2.05, 4.69) is 10.3 Å². The minimum Gasteiger partial charge on any atom is -0.481 e. The summed E-state index contributed by atoms with van der Waals surface area (Å²) in [7, 11) is 0. The predicted octanol–water partition coefficient (Wildman–Crippen LogP) is 0.245. The number of hydrogen-bond acceptors (Lipinski definition) is 4. The lowest BCUT2D eigenvalue weighted by atomic mass is 9.77. The smallest absolute Gasteiger partial charge is 0.309 e. The van der Waals surface area contributed by atoms with E-state index in [1.165, 1.54) is 0 Å². The number of likely N-dealkylation sites (tertiary alicyclic amines) is 1. The van der Waals surface area contributed by atoms with E-state index in [4.69, 9.17) is 0 Å². The van der Waals surface area contributed by atoms with E-state index in [1.807, 2.05) is 15.7 Å². The normalized spacial score (nSPS) is 26.5. The van der Waals surface area contributed by atoms with Gasteiger partial charge in [0.25, 0.3) is 0 Å². The van der Waals surface area contributed by atoms with Gasteiger partial charge in [-0.1, -0.05) is 0 Å². The third-order valence-corrected chi connectivity index (χ3v) is 6.04. The van der Waals surface area contributed by atoms with Crippen LogP contribution >= 0.6 is 0 Å². The van der Waals surface area contributed by atoms with Gasteiger partial charge in [-0.25, -0.2) is 4.98 Å². The van der Waals surface area contributed by atoms with Gasteiger partial charge >= 0.3 is 5.97 Å². The number of carboxylic acid groups (broad SMARTS) is 1. The van der Waals surface area contributed by atoms with Crippen LogP contribution in [0.1, 0.15) is 32.1 Å². The molecule has 8 heteroatoms. The summed E-state index contributed by atoms with van der Waals surface area (Å²) in [4.78, 5) is 42.1. The number of nitrogens with zero attached hydrogens (tertiary/aromatic N) is 3. The molecule has 25 heavy (non-hydrogen) atoms. The Labute approximate surface area is 145 Å². The SMILES string of the molecule is O=C1C[C@@H](C(=O)O)C2(CCN(C(=O)C3(Cn4ccnc4)CC3)CC2)N1. The molecule has 1 atom stereocenters. The minimum atomic E-state index is -0.933. The number of nitrogens with one attached hydrogen (secondary N) is 1. The fraction of sp³-hybridized carbons (Fsp3) is 0.647. The highest BCUT2D eigenvalue weighted by atomic mass is 16.4. The first-order valence-electron chi connectivity index (χ1n) is 8.73. The lowest BCUT2D eigenvalue weighted by Gasteiger charge is -2.42. The Morgan fingerprint density at radius 3 is 2.56 bits per heavy atom.